The van der Waals surface area contributed by atoms with Gasteiger partial charge in [-0.2, -0.15) is 0 Å². The molecule has 0 radical (unpaired) electrons. The van der Waals surface area contributed by atoms with Crippen LogP contribution in [-0.2, 0) is 11.3 Å². The maximum Gasteiger partial charge on any atom is 0.279 e. The van der Waals surface area contributed by atoms with E-state index in [1.807, 2.05) is 68.6 Å². The summed E-state index contributed by atoms with van der Waals surface area (Å²) in [4.78, 5) is 13.4. The number of hydrogen-bond acceptors (Lipinski definition) is 3. The van der Waals surface area contributed by atoms with Crippen molar-refractivity contribution in [3.8, 4) is 0 Å². The quantitative estimate of drug-likeness (QED) is 0.582. The third-order valence-electron chi connectivity index (χ3n) is 4.39. The first-order valence-electron chi connectivity index (χ1n) is 8.66. The molecule has 1 amide bonds. The van der Waals surface area contributed by atoms with Crippen LogP contribution in [0, 0.1) is 6.92 Å². The molecule has 2 aromatic carbocycles. The number of furan rings is 2. The van der Waals surface area contributed by atoms with Gasteiger partial charge in [0, 0.05) is 16.5 Å². The molecule has 0 saturated carbocycles. The molecular formula is C21H21N2O3+. The average molecular weight is 349 g/mol. The highest BCUT2D eigenvalue weighted by Crippen LogP contribution is 2.30. The molecule has 0 aliphatic carbocycles. The Morgan fingerprint density at radius 3 is 2.62 bits per heavy atom. The van der Waals surface area contributed by atoms with Crippen LogP contribution in [0.15, 0.2) is 63.4 Å². The van der Waals surface area contributed by atoms with E-state index in [2.05, 4.69) is 5.32 Å². The van der Waals surface area contributed by atoms with Crippen molar-refractivity contribution >= 4 is 33.5 Å². The molecular weight excluding hydrogens is 328 g/mol. The normalized spacial score (nSPS) is 12.5. The summed E-state index contributed by atoms with van der Waals surface area (Å²) in [5, 5.41) is 5.03. The third-order valence-corrected chi connectivity index (χ3v) is 4.39. The van der Waals surface area contributed by atoms with Gasteiger partial charge in [-0.25, -0.2) is 0 Å². The van der Waals surface area contributed by atoms with Crippen LogP contribution in [0.5, 0.6) is 0 Å². The number of carbonyl (C=O) groups is 1. The summed E-state index contributed by atoms with van der Waals surface area (Å²) in [7, 11) is 1.98. The Balaban J connectivity index is 1.46. The molecule has 0 bridgehead atoms. The third kappa shape index (κ3) is 3.34. The summed E-state index contributed by atoms with van der Waals surface area (Å²) >= 11 is 0. The van der Waals surface area contributed by atoms with Gasteiger partial charge in [-0.05, 0) is 43.3 Å². The zero-order chi connectivity index (χ0) is 18.1. The van der Waals surface area contributed by atoms with E-state index in [0.717, 1.165) is 44.0 Å². The van der Waals surface area contributed by atoms with Gasteiger partial charge in [0.05, 0.1) is 7.05 Å². The zero-order valence-electron chi connectivity index (χ0n) is 14.8. The molecule has 2 heterocycles. The highest BCUT2D eigenvalue weighted by Gasteiger charge is 2.14. The van der Waals surface area contributed by atoms with Crippen molar-refractivity contribution in [1.82, 2.24) is 0 Å². The number of fused-ring (bicyclic) bond motifs is 3. The van der Waals surface area contributed by atoms with Crippen molar-refractivity contribution in [1.29, 1.82) is 0 Å². The second-order valence-corrected chi connectivity index (χ2v) is 6.68. The van der Waals surface area contributed by atoms with Crippen LogP contribution in [0.3, 0.4) is 0 Å². The smallest absolute Gasteiger partial charge is 0.279 e. The topological polar surface area (TPSA) is 59.8 Å². The predicted octanol–water partition coefficient (Wildman–Crippen LogP) is 3.14. The molecule has 5 nitrogen and oxygen atoms in total. The van der Waals surface area contributed by atoms with Crippen molar-refractivity contribution in [3.05, 3.63) is 66.1 Å². The fourth-order valence-corrected chi connectivity index (χ4v) is 3.22. The maximum atomic E-state index is 12.4. The summed E-state index contributed by atoms with van der Waals surface area (Å²) in [5.74, 6) is 1.75. The number of rotatable bonds is 5. The number of quaternary nitrogens is 1. The van der Waals surface area contributed by atoms with E-state index < -0.39 is 0 Å². The lowest BCUT2D eigenvalue weighted by atomic mass is 10.1. The van der Waals surface area contributed by atoms with E-state index >= 15 is 0 Å². The number of anilines is 1. The molecule has 1 atom stereocenters. The summed E-state index contributed by atoms with van der Waals surface area (Å²) < 4.78 is 11.4. The van der Waals surface area contributed by atoms with Crippen LogP contribution < -0.4 is 10.2 Å². The molecule has 4 rings (SSSR count). The largest absolute Gasteiger partial charge is 0.460 e. The second-order valence-electron chi connectivity index (χ2n) is 6.68. The van der Waals surface area contributed by atoms with Gasteiger partial charge >= 0.3 is 0 Å². The monoisotopic (exact) mass is 349 g/mol. The number of amides is 1. The molecule has 0 aliphatic heterocycles. The molecule has 5 heteroatoms. The maximum absolute atomic E-state index is 12.4. The van der Waals surface area contributed by atoms with Crippen LogP contribution in [0.2, 0.25) is 0 Å². The summed E-state index contributed by atoms with van der Waals surface area (Å²) in [5.41, 5.74) is 2.44. The van der Waals surface area contributed by atoms with Crippen LogP contribution in [0.1, 0.15) is 11.5 Å². The average Bonchev–Trinajstić information content (AvgIpc) is 3.17. The van der Waals surface area contributed by atoms with Crippen molar-refractivity contribution < 1.29 is 18.5 Å². The molecule has 0 spiro atoms. The summed E-state index contributed by atoms with van der Waals surface area (Å²) in [6, 6.07) is 17.5. The minimum Gasteiger partial charge on any atom is -0.460 e. The Morgan fingerprint density at radius 2 is 1.81 bits per heavy atom. The summed E-state index contributed by atoms with van der Waals surface area (Å²) in [6.07, 6.45) is 0. The molecule has 2 N–H and O–H groups in total. The van der Waals surface area contributed by atoms with Gasteiger partial charge in [0.1, 0.15) is 23.5 Å². The van der Waals surface area contributed by atoms with Crippen molar-refractivity contribution in [3.63, 3.8) is 0 Å². The first-order chi connectivity index (χ1) is 12.6. The molecule has 0 saturated heterocycles. The number of hydrogen-bond donors (Lipinski definition) is 2. The number of aryl methyl sites for hydroxylation is 1. The zero-order valence-corrected chi connectivity index (χ0v) is 14.8. The van der Waals surface area contributed by atoms with E-state index in [0.29, 0.717) is 13.1 Å². The van der Waals surface area contributed by atoms with E-state index in [4.69, 9.17) is 8.83 Å². The van der Waals surface area contributed by atoms with Gasteiger partial charge in [0.15, 0.2) is 12.3 Å². The number of carbonyl (C=O) groups excluding carboxylic acids is 1. The van der Waals surface area contributed by atoms with Crippen LogP contribution in [0.25, 0.3) is 21.9 Å². The van der Waals surface area contributed by atoms with Crippen LogP contribution >= 0.6 is 0 Å². The van der Waals surface area contributed by atoms with E-state index in [9.17, 15) is 4.79 Å². The van der Waals surface area contributed by atoms with Crippen LogP contribution in [-0.4, -0.2) is 19.5 Å². The van der Waals surface area contributed by atoms with Gasteiger partial charge in [0.25, 0.3) is 5.91 Å². The number of likely N-dealkylation sites (N-methyl/N-ethyl adjacent to an activating group) is 1. The molecule has 4 aromatic rings. The van der Waals surface area contributed by atoms with Gasteiger partial charge in [0.2, 0.25) is 0 Å². The van der Waals surface area contributed by atoms with E-state index in [1.54, 1.807) is 0 Å². The first kappa shape index (κ1) is 16.4. The Bertz CT molecular complexity index is 1080. The highest BCUT2D eigenvalue weighted by molar-refractivity contribution is 6.06. The predicted molar refractivity (Wildman–Crippen MR) is 101 cm³/mol. The lowest BCUT2D eigenvalue weighted by molar-refractivity contribution is -0.886. The lowest BCUT2D eigenvalue weighted by Gasteiger charge is -2.12. The molecule has 1 unspecified atom stereocenters. The van der Waals surface area contributed by atoms with Gasteiger partial charge in [-0.1, -0.05) is 18.2 Å². The Kier molecular flexibility index (Phi) is 4.22. The van der Waals surface area contributed by atoms with Crippen molar-refractivity contribution in [2.24, 2.45) is 0 Å². The Labute approximate surface area is 151 Å². The Morgan fingerprint density at radius 1 is 1.00 bits per heavy atom. The Hall–Kier alpha value is -3.05. The van der Waals surface area contributed by atoms with E-state index in [-0.39, 0.29) is 5.91 Å². The minimum atomic E-state index is -0.0297. The van der Waals surface area contributed by atoms with Crippen molar-refractivity contribution in [2.45, 2.75) is 13.5 Å². The fourth-order valence-electron chi connectivity index (χ4n) is 3.22. The number of benzene rings is 2. The SMILES string of the molecule is Cc1ccc(C[NH+](C)CC(=O)Nc2ccc3oc4ccccc4c3c2)o1. The molecule has 26 heavy (non-hydrogen) atoms. The van der Waals surface area contributed by atoms with Crippen molar-refractivity contribution in [2.75, 3.05) is 18.9 Å². The molecule has 0 fully saturated rings. The second kappa shape index (κ2) is 6.69. The number of para-hydroxylation sites is 1. The number of nitrogens with one attached hydrogen (secondary N) is 2. The molecule has 2 aromatic heterocycles. The molecule has 0 aliphatic rings. The van der Waals surface area contributed by atoms with Gasteiger partial charge in [-0.15, -0.1) is 0 Å². The molecule has 132 valence electrons. The fraction of sp³-hybridized carbons (Fsp3) is 0.190. The van der Waals surface area contributed by atoms with E-state index in [1.165, 1.54) is 0 Å². The first-order valence-corrected chi connectivity index (χ1v) is 8.66. The van der Waals surface area contributed by atoms with Gasteiger partial charge in [-0.3, -0.25) is 4.79 Å². The highest BCUT2D eigenvalue weighted by atomic mass is 16.3. The van der Waals surface area contributed by atoms with Gasteiger partial charge < -0.3 is 19.1 Å². The minimum absolute atomic E-state index is 0.0297. The van der Waals surface area contributed by atoms with Crippen LogP contribution in [0.4, 0.5) is 5.69 Å². The lowest BCUT2D eigenvalue weighted by Crippen LogP contribution is -3.08. The summed E-state index contributed by atoms with van der Waals surface area (Å²) in [6.45, 7) is 2.96. The standard InChI is InChI=1S/C21H20N2O3/c1-14-7-9-16(25-14)12-23(2)13-21(24)22-15-8-10-20-18(11-15)17-5-3-4-6-19(17)26-20/h3-11H,12-13H2,1-2H3,(H,22,24)/p+1.